The molecule has 0 radical (unpaired) electrons. The molecule has 1 aliphatic rings. The summed E-state index contributed by atoms with van der Waals surface area (Å²) >= 11 is 2.13. The number of ether oxygens (including phenoxy) is 1. The van der Waals surface area contributed by atoms with E-state index in [0.29, 0.717) is 11.0 Å². The zero-order valence-electron chi connectivity index (χ0n) is 9.33. The fraction of sp³-hybridized carbons (Fsp3) is 1.00. The molecule has 0 amide bonds. The summed E-state index contributed by atoms with van der Waals surface area (Å²) in [6.45, 7) is 4.29. The van der Waals surface area contributed by atoms with E-state index in [9.17, 15) is 8.42 Å². The molecule has 1 fully saturated rings. The quantitative estimate of drug-likeness (QED) is 0.579. The SMILES string of the molecule is CC(C)(CI)S(=O)(=O)C[C@H]1CCCCO1. The van der Waals surface area contributed by atoms with Gasteiger partial charge in [0, 0.05) is 11.0 Å². The zero-order chi connectivity index (χ0) is 11.5. The highest BCUT2D eigenvalue weighted by Crippen LogP contribution is 2.24. The molecule has 1 aliphatic heterocycles. The maximum Gasteiger partial charge on any atom is 0.158 e. The third kappa shape index (κ3) is 3.56. The smallest absolute Gasteiger partial charge is 0.158 e. The summed E-state index contributed by atoms with van der Waals surface area (Å²) in [5, 5.41) is 0. The van der Waals surface area contributed by atoms with Crippen molar-refractivity contribution in [2.24, 2.45) is 0 Å². The Morgan fingerprint density at radius 2 is 2.07 bits per heavy atom. The molecule has 0 aromatic carbocycles. The van der Waals surface area contributed by atoms with Crippen LogP contribution in [0.4, 0.5) is 0 Å². The van der Waals surface area contributed by atoms with Crippen molar-refractivity contribution < 1.29 is 13.2 Å². The fourth-order valence-electron chi connectivity index (χ4n) is 1.49. The van der Waals surface area contributed by atoms with Crippen LogP contribution in [0.25, 0.3) is 0 Å². The Labute approximate surface area is 106 Å². The zero-order valence-corrected chi connectivity index (χ0v) is 12.3. The summed E-state index contributed by atoms with van der Waals surface area (Å²) in [7, 11) is -3.04. The molecule has 0 unspecified atom stereocenters. The predicted octanol–water partition coefficient (Wildman–Crippen LogP) is 2.18. The van der Waals surface area contributed by atoms with Crippen molar-refractivity contribution in [3.05, 3.63) is 0 Å². The van der Waals surface area contributed by atoms with E-state index in [0.717, 1.165) is 19.3 Å². The van der Waals surface area contributed by atoms with Crippen molar-refractivity contribution in [2.75, 3.05) is 16.8 Å². The topological polar surface area (TPSA) is 43.4 Å². The average Bonchev–Trinajstić information content (AvgIpc) is 2.18. The van der Waals surface area contributed by atoms with Crippen LogP contribution in [0.3, 0.4) is 0 Å². The normalized spacial score (nSPS) is 24.1. The third-order valence-electron chi connectivity index (χ3n) is 2.84. The van der Waals surface area contributed by atoms with Crippen LogP contribution >= 0.6 is 22.6 Å². The lowest BCUT2D eigenvalue weighted by Gasteiger charge is -2.27. The van der Waals surface area contributed by atoms with Crippen molar-refractivity contribution in [1.82, 2.24) is 0 Å². The summed E-state index contributed by atoms with van der Waals surface area (Å²) in [6.07, 6.45) is 2.96. The van der Waals surface area contributed by atoms with Crippen molar-refractivity contribution in [2.45, 2.75) is 44.0 Å². The molecule has 0 saturated carbocycles. The Balaban J connectivity index is 2.63. The maximum atomic E-state index is 12.1. The monoisotopic (exact) mass is 346 g/mol. The molecule has 1 saturated heterocycles. The Morgan fingerprint density at radius 1 is 1.40 bits per heavy atom. The first kappa shape index (κ1) is 13.7. The molecular weight excluding hydrogens is 327 g/mol. The summed E-state index contributed by atoms with van der Waals surface area (Å²) in [6, 6.07) is 0. The first-order chi connectivity index (χ1) is 6.89. The van der Waals surface area contributed by atoms with Gasteiger partial charge in [0.05, 0.1) is 16.6 Å². The van der Waals surface area contributed by atoms with Crippen LogP contribution < -0.4 is 0 Å². The second kappa shape index (κ2) is 5.31. The maximum absolute atomic E-state index is 12.1. The highest BCUT2D eigenvalue weighted by Gasteiger charge is 2.35. The van der Waals surface area contributed by atoms with Crippen LogP contribution in [-0.4, -0.2) is 36.1 Å². The number of hydrogen-bond donors (Lipinski definition) is 0. The average molecular weight is 346 g/mol. The van der Waals surface area contributed by atoms with Gasteiger partial charge < -0.3 is 4.74 Å². The lowest BCUT2D eigenvalue weighted by atomic mass is 10.1. The van der Waals surface area contributed by atoms with Crippen LogP contribution in [0.5, 0.6) is 0 Å². The molecule has 0 aliphatic carbocycles. The highest BCUT2D eigenvalue weighted by atomic mass is 127. The van der Waals surface area contributed by atoms with Gasteiger partial charge in [0.25, 0.3) is 0 Å². The molecule has 0 aromatic heterocycles. The van der Waals surface area contributed by atoms with E-state index in [1.54, 1.807) is 13.8 Å². The number of hydrogen-bond acceptors (Lipinski definition) is 3. The van der Waals surface area contributed by atoms with Gasteiger partial charge in [0.2, 0.25) is 0 Å². The molecule has 1 rings (SSSR count). The minimum Gasteiger partial charge on any atom is -0.377 e. The second-order valence-corrected chi connectivity index (χ2v) is 8.09. The molecule has 0 bridgehead atoms. The van der Waals surface area contributed by atoms with Gasteiger partial charge in [-0.1, -0.05) is 22.6 Å². The number of halogens is 1. The van der Waals surface area contributed by atoms with E-state index in [4.69, 9.17) is 4.74 Å². The molecule has 5 heteroatoms. The number of sulfone groups is 1. The van der Waals surface area contributed by atoms with E-state index >= 15 is 0 Å². The molecule has 90 valence electrons. The van der Waals surface area contributed by atoms with Crippen LogP contribution in [0.2, 0.25) is 0 Å². The molecule has 0 spiro atoms. The van der Waals surface area contributed by atoms with Crippen LogP contribution in [0.1, 0.15) is 33.1 Å². The Kier molecular flexibility index (Phi) is 4.85. The Bertz CT molecular complexity index is 292. The molecule has 0 N–H and O–H groups in total. The van der Waals surface area contributed by atoms with Gasteiger partial charge in [-0.2, -0.15) is 0 Å². The van der Waals surface area contributed by atoms with Gasteiger partial charge in [0.1, 0.15) is 0 Å². The van der Waals surface area contributed by atoms with E-state index in [-0.39, 0.29) is 11.9 Å². The summed E-state index contributed by atoms with van der Waals surface area (Å²) in [4.78, 5) is 0. The van der Waals surface area contributed by atoms with Crippen molar-refractivity contribution in [1.29, 1.82) is 0 Å². The Morgan fingerprint density at radius 3 is 2.53 bits per heavy atom. The molecule has 1 heterocycles. The second-order valence-electron chi connectivity index (χ2n) is 4.66. The van der Waals surface area contributed by atoms with E-state index < -0.39 is 14.6 Å². The summed E-state index contributed by atoms with van der Waals surface area (Å²) < 4.78 is 29.6. The molecule has 15 heavy (non-hydrogen) atoms. The van der Waals surface area contributed by atoms with Gasteiger partial charge in [-0.3, -0.25) is 0 Å². The molecule has 0 aromatic rings. The lowest BCUT2D eigenvalue weighted by Crippen LogP contribution is -2.40. The predicted molar refractivity (Wildman–Crippen MR) is 70.3 cm³/mol. The van der Waals surface area contributed by atoms with Crippen molar-refractivity contribution in [3.8, 4) is 0 Å². The molecular formula is C10H19IO3S. The minimum atomic E-state index is -3.04. The number of rotatable bonds is 4. The van der Waals surface area contributed by atoms with Crippen molar-refractivity contribution in [3.63, 3.8) is 0 Å². The van der Waals surface area contributed by atoms with E-state index in [2.05, 4.69) is 22.6 Å². The van der Waals surface area contributed by atoms with Gasteiger partial charge in [0.15, 0.2) is 9.84 Å². The Hall–Kier alpha value is 0.640. The summed E-state index contributed by atoms with van der Waals surface area (Å²) in [5.41, 5.74) is 0. The van der Waals surface area contributed by atoms with Gasteiger partial charge in [-0.05, 0) is 33.1 Å². The minimum absolute atomic E-state index is 0.0778. The van der Waals surface area contributed by atoms with Crippen LogP contribution in [0, 0.1) is 0 Å². The van der Waals surface area contributed by atoms with Crippen LogP contribution in [0.15, 0.2) is 0 Å². The summed E-state index contributed by atoms with van der Waals surface area (Å²) in [5.74, 6) is 0.184. The van der Waals surface area contributed by atoms with Gasteiger partial charge in [-0.15, -0.1) is 0 Å². The van der Waals surface area contributed by atoms with E-state index in [1.165, 1.54) is 0 Å². The standard InChI is InChI=1S/C10H19IO3S/c1-10(2,8-11)15(12,13)7-9-5-3-4-6-14-9/h9H,3-8H2,1-2H3/t9-/m1/s1. The number of alkyl halides is 1. The fourth-order valence-corrected chi connectivity index (χ4v) is 4.29. The first-order valence-corrected chi connectivity index (χ1v) is 8.47. The molecule has 3 nitrogen and oxygen atoms in total. The van der Waals surface area contributed by atoms with Crippen LogP contribution in [-0.2, 0) is 14.6 Å². The lowest BCUT2D eigenvalue weighted by molar-refractivity contribution is 0.0303. The van der Waals surface area contributed by atoms with Gasteiger partial charge >= 0.3 is 0 Å². The first-order valence-electron chi connectivity index (χ1n) is 5.29. The molecule has 1 atom stereocenters. The third-order valence-corrected chi connectivity index (χ3v) is 7.91. The van der Waals surface area contributed by atoms with Gasteiger partial charge in [-0.25, -0.2) is 8.42 Å². The highest BCUT2D eigenvalue weighted by molar-refractivity contribution is 14.1. The van der Waals surface area contributed by atoms with Crippen molar-refractivity contribution >= 4 is 32.4 Å². The van der Waals surface area contributed by atoms with E-state index in [1.807, 2.05) is 0 Å². The largest absolute Gasteiger partial charge is 0.377 e.